The van der Waals surface area contributed by atoms with Crippen LogP contribution in [-0.4, -0.2) is 17.1 Å². The zero-order chi connectivity index (χ0) is 12.9. The molecule has 3 nitrogen and oxygen atoms in total. The lowest BCUT2D eigenvalue weighted by Crippen LogP contribution is -2.35. The second-order valence-corrected chi connectivity index (χ2v) is 5.79. The Labute approximate surface area is 105 Å². The highest BCUT2D eigenvalue weighted by atomic mass is 16.5. The average Bonchev–Trinajstić information content (AvgIpc) is 2.24. The topological polar surface area (TPSA) is 34.1 Å². The molecule has 1 rings (SSSR count). The molecule has 0 amide bonds. The third-order valence-electron chi connectivity index (χ3n) is 2.18. The van der Waals surface area contributed by atoms with Gasteiger partial charge in [0.1, 0.15) is 5.75 Å². The van der Waals surface area contributed by atoms with Crippen LogP contribution in [0.4, 0.5) is 0 Å². The molecular weight excluding hydrogens is 212 g/mol. The molecule has 1 aromatic heterocycles. The van der Waals surface area contributed by atoms with Gasteiger partial charge in [-0.05, 0) is 38.8 Å². The van der Waals surface area contributed by atoms with Crippen LogP contribution in [0.25, 0.3) is 0 Å². The predicted octanol–water partition coefficient (Wildman–Crippen LogP) is 3.00. The van der Waals surface area contributed by atoms with Crippen LogP contribution < -0.4 is 10.1 Å². The fourth-order valence-electron chi connectivity index (χ4n) is 1.22. The van der Waals surface area contributed by atoms with E-state index < -0.39 is 0 Å². The second kappa shape index (κ2) is 6.01. The molecule has 0 unspecified atom stereocenters. The molecule has 0 atom stereocenters. The van der Waals surface area contributed by atoms with Crippen LogP contribution in [0.3, 0.4) is 0 Å². The summed E-state index contributed by atoms with van der Waals surface area (Å²) in [6.45, 7) is 12.2. The van der Waals surface area contributed by atoms with E-state index in [1.807, 2.05) is 12.1 Å². The van der Waals surface area contributed by atoms with Gasteiger partial charge in [-0.15, -0.1) is 0 Å². The molecule has 0 radical (unpaired) electrons. The fourth-order valence-corrected chi connectivity index (χ4v) is 1.22. The SMILES string of the molecule is CC(C)COc1ccc(CNC(C)(C)C)nc1. The summed E-state index contributed by atoms with van der Waals surface area (Å²) in [5.74, 6) is 1.38. The van der Waals surface area contributed by atoms with Crippen LogP contribution in [0.1, 0.15) is 40.3 Å². The van der Waals surface area contributed by atoms with E-state index in [2.05, 4.69) is 44.9 Å². The average molecular weight is 236 g/mol. The van der Waals surface area contributed by atoms with Gasteiger partial charge < -0.3 is 10.1 Å². The Morgan fingerprint density at radius 1 is 1.29 bits per heavy atom. The fraction of sp³-hybridized carbons (Fsp3) is 0.643. The molecule has 0 aliphatic rings. The molecule has 0 saturated heterocycles. The zero-order valence-corrected chi connectivity index (χ0v) is 11.6. The van der Waals surface area contributed by atoms with E-state index in [0.29, 0.717) is 5.92 Å². The highest BCUT2D eigenvalue weighted by molar-refractivity contribution is 5.19. The molecule has 1 aromatic rings. The monoisotopic (exact) mass is 236 g/mol. The molecule has 1 heterocycles. The number of hydrogen-bond donors (Lipinski definition) is 1. The van der Waals surface area contributed by atoms with Crippen molar-refractivity contribution in [2.45, 2.75) is 46.7 Å². The number of rotatable bonds is 5. The summed E-state index contributed by atoms with van der Waals surface area (Å²) >= 11 is 0. The predicted molar refractivity (Wildman–Crippen MR) is 71.2 cm³/mol. The summed E-state index contributed by atoms with van der Waals surface area (Å²) in [7, 11) is 0. The van der Waals surface area contributed by atoms with Crippen molar-refractivity contribution in [3.63, 3.8) is 0 Å². The first-order valence-electron chi connectivity index (χ1n) is 6.19. The van der Waals surface area contributed by atoms with Gasteiger partial charge in [-0.3, -0.25) is 4.98 Å². The number of ether oxygens (including phenoxy) is 1. The van der Waals surface area contributed by atoms with Crippen molar-refractivity contribution in [1.29, 1.82) is 0 Å². The van der Waals surface area contributed by atoms with Crippen molar-refractivity contribution in [2.75, 3.05) is 6.61 Å². The van der Waals surface area contributed by atoms with Crippen LogP contribution in [0.5, 0.6) is 5.75 Å². The van der Waals surface area contributed by atoms with E-state index in [1.54, 1.807) is 6.20 Å². The minimum absolute atomic E-state index is 0.120. The van der Waals surface area contributed by atoms with Gasteiger partial charge in [0.15, 0.2) is 0 Å². The van der Waals surface area contributed by atoms with Gasteiger partial charge in [-0.2, -0.15) is 0 Å². The van der Waals surface area contributed by atoms with Gasteiger partial charge in [-0.1, -0.05) is 13.8 Å². The van der Waals surface area contributed by atoms with Gasteiger partial charge in [-0.25, -0.2) is 0 Å². The van der Waals surface area contributed by atoms with Crippen molar-refractivity contribution in [3.05, 3.63) is 24.0 Å². The van der Waals surface area contributed by atoms with Gasteiger partial charge in [0.25, 0.3) is 0 Å². The van der Waals surface area contributed by atoms with E-state index in [0.717, 1.165) is 24.6 Å². The van der Waals surface area contributed by atoms with Gasteiger partial charge in [0.05, 0.1) is 18.5 Å². The molecule has 3 heteroatoms. The molecule has 0 aliphatic carbocycles. The number of hydrogen-bond acceptors (Lipinski definition) is 3. The first-order chi connectivity index (χ1) is 7.87. The van der Waals surface area contributed by atoms with E-state index in [-0.39, 0.29) is 5.54 Å². The lowest BCUT2D eigenvalue weighted by atomic mass is 10.1. The minimum atomic E-state index is 0.120. The lowest BCUT2D eigenvalue weighted by molar-refractivity contribution is 0.270. The highest BCUT2D eigenvalue weighted by Crippen LogP contribution is 2.11. The molecule has 0 saturated carbocycles. The number of nitrogens with one attached hydrogen (secondary N) is 1. The third kappa shape index (κ3) is 6.27. The van der Waals surface area contributed by atoms with Gasteiger partial charge in [0.2, 0.25) is 0 Å². The number of nitrogens with zero attached hydrogens (tertiary/aromatic N) is 1. The quantitative estimate of drug-likeness (QED) is 0.853. The smallest absolute Gasteiger partial charge is 0.137 e. The summed E-state index contributed by atoms with van der Waals surface area (Å²) in [5, 5.41) is 3.40. The Kier molecular flexibility index (Phi) is 4.94. The van der Waals surface area contributed by atoms with Crippen molar-refractivity contribution >= 4 is 0 Å². The standard InChI is InChI=1S/C14H24N2O/c1-11(2)10-17-13-7-6-12(15-9-13)8-16-14(3,4)5/h6-7,9,11,16H,8,10H2,1-5H3. The maximum absolute atomic E-state index is 5.58. The maximum atomic E-state index is 5.58. The van der Waals surface area contributed by atoms with Crippen molar-refractivity contribution in [3.8, 4) is 5.75 Å². The van der Waals surface area contributed by atoms with E-state index in [4.69, 9.17) is 4.74 Å². The van der Waals surface area contributed by atoms with Crippen LogP contribution in [0.2, 0.25) is 0 Å². The summed E-state index contributed by atoms with van der Waals surface area (Å²) in [5.41, 5.74) is 1.16. The number of aromatic nitrogens is 1. The summed E-state index contributed by atoms with van der Waals surface area (Å²) < 4.78 is 5.58. The third-order valence-corrected chi connectivity index (χ3v) is 2.18. The zero-order valence-electron chi connectivity index (χ0n) is 11.6. The van der Waals surface area contributed by atoms with E-state index in [1.165, 1.54) is 0 Å². The summed E-state index contributed by atoms with van der Waals surface area (Å²) in [4.78, 5) is 4.37. The Morgan fingerprint density at radius 3 is 2.47 bits per heavy atom. The molecule has 0 aliphatic heterocycles. The van der Waals surface area contributed by atoms with E-state index >= 15 is 0 Å². The summed E-state index contributed by atoms with van der Waals surface area (Å²) in [6, 6.07) is 3.99. The van der Waals surface area contributed by atoms with Gasteiger partial charge >= 0.3 is 0 Å². The molecule has 0 fully saturated rings. The molecule has 0 aromatic carbocycles. The molecule has 1 N–H and O–H groups in total. The van der Waals surface area contributed by atoms with Crippen molar-refractivity contribution in [2.24, 2.45) is 5.92 Å². The van der Waals surface area contributed by atoms with Crippen LogP contribution in [0.15, 0.2) is 18.3 Å². The molecular formula is C14H24N2O. The van der Waals surface area contributed by atoms with Crippen molar-refractivity contribution < 1.29 is 4.74 Å². The van der Waals surface area contributed by atoms with Crippen molar-refractivity contribution in [1.82, 2.24) is 10.3 Å². The van der Waals surface area contributed by atoms with E-state index in [9.17, 15) is 0 Å². The molecule has 17 heavy (non-hydrogen) atoms. The molecule has 96 valence electrons. The number of pyridine rings is 1. The molecule has 0 spiro atoms. The first-order valence-corrected chi connectivity index (χ1v) is 6.19. The maximum Gasteiger partial charge on any atom is 0.137 e. The Balaban J connectivity index is 2.45. The molecule has 0 bridgehead atoms. The normalized spacial score (nSPS) is 11.9. The Hall–Kier alpha value is -1.09. The summed E-state index contributed by atoms with van der Waals surface area (Å²) in [6.07, 6.45) is 1.79. The lowest BCUT2D eigenvalue weighted by Gasteiger charge is -2.20. The van der Waals surface area contributed by atoms with Crippen LogP contribution >= 0.6 is 0 Å². The van der Waals surface area contributed by atoms with Gasteiger partial charge in [0, 0.05) is 12.1 Å². The Bertz CT molecular complexity index is 325. The van der Waals surface area contributed by atoms with Crippen LogP contribution in [0, 0.1) is 5.92 Å². The largest absolute Gasteiger partial charge is 0.492 e. The highest BCUT2D eigenvalue weighted by Gasteiger charge is 2.08. The first kappa shape index (κ1) is 14.0. The second-order valence-electron chi connectivity index (χ2n) is 5.79. The minimum Gasteiger partial charge on any atom is -0.492 e. The van der Waals surface area contributed by atoms with Crippen LogP contribution in [-0.2, 0) is 6.54 Å². The Morgan fingerprint density at radius 2 is 2.00 bits per heavy atom.